The quantitative estimate of drug-likeness (QED) is 0.171. The average molecular weight is 311 g/mol. The maximum absolute atomic E-state index is 10.1. The molecule has 0 aromatic carbocycles. The molecule has 0 aromatic rings. The summed E-state index contributed by atoms with van der Waals surface area (Å²) in [5.74, 6) is 0. The van der Waals surface area contributed by atoms with Crippen LogP contribution < -0.4 is 59.1 Å². The molecular formula is C12H25Na2O4S+. The first kappa shape index (κ1) is 25.8. The van der Waals surface area contributed by atoms with Gasteiger partial charge in [-0.15, -0.1) is 0 Å². The molecule has 0 spiro atoms. The summed E-state index contributed by atoms with van der Waals surface area (Å²) in [6, 6.07) is 0. The van der Waals surface area contributed by atoms with E-state index in [1.165, 1.54) is 44.9 Å². The molecule has 0 atom stereocenters. The fourth-order valence-electron chi connectivity index (χ4n) is 1.75. The van der Waals surface area contributed by atoms with Crippen molar-refractivity contribution in [3.8, 4) is 0 Å². The van der Waals surface area contributed by atoms with Gasteiger partial charge in [-0.05, 0) is 6.42 Å². The average Bonchev–Trinajstić information content (AvgIpc) is 2.24. The Bertz CT molecular complexity index is 258. The third-order valence-electron chi connectivity index (χ3n) is 2.73. The van der Waals surface area contributed by atoms with E-state index in [0.717, 1.165) is 12.8 Å². The summed E-state index contributed by atoms with van der Waals surface area (Å²) in [7, 11) is -4.48. The summed E-state index contributed by atoms with van der Waals surface area (Å²) in [6.45, 7) is 2.24. The van der Waals surface area contributed by atoms with Gasteiger partial charge >= 0.3 is 59.1 Å². The molecule has 0 fully saturated rings. The number of rotatable bonds is 12. The normalized spacial score (nSPS) is 10.6. The van der Waals surface area contributed by atoms with Crippen LogP contribution in [0.3, 0.4) is 0 Å². The molecular weight excluding hydrogens is 286 g/mol. The molecule has 7 heteroatoms. The maximum atomic E-state index is 10.1. The van der Waals surface area contributed by atoms with Crippen molar-refractivity contribution in [3.63, 3.8) is 0 Å². The fraction of sp³-hybridized carbons (Fsp3) is 1.00. The van der Waals surface area contributed by atoms with Crippen LogP contribution in [0.25, 0.3) is 0 Å². The standard InChI is InChI=1S/C12H26O4S.2Na/c1-2-3-4-5-6-7-8-9-10-11-12-16-17(13,14)15;;/h2-12H2,1H3,(H,13,14,15);;/q;2*+1/p-1. The molecule has 0 rings (SSSR count). The van der Waals surface area contributed by atoms with Gasteiger partial charge in [-0.25, -0.2) is 8.42 Å². The second-order valence-corrected chi connectivity index (χ2v) is 5.46. The molecule has 0 aliphatic carbocycles. The van der Waals surface area contributed by atoms with E-state index >= 15 is 0 Å². The number of hydrogen-bond donors (Lipinski definition) is 0. The van der Waals surface area contributed by atoms with Gasteiger partial charge in [-0.1, -0.05) is 64.7 Å². The first-order valence-electron chi connectivity index (χ1n) is 6.66. The van der Waals surface area contributed by atoms with Gasteiger partial charge in [0.25, 0.3) is 0 Å². The van der Waals surface area contributed by atoms with Gasteiger partial charge in [0.2, 0.25) is 10.4 Å². The molecule has 0 aliphatic heterocycles. The van der Waals surface area contributed by atoms with Crippen molar-refractivity contribution in [1.82, 2.24) is 0 Å². The van der Waals surface area contributed by atoms with Gasteiger partial charge in [0, 0.05) is 0 Å². The molecule has 0 aliphatic rings. The summed E-state index contributed by atoms with van der Waals surface area (Å²) in [6.07, 6.45) is 11.7. The Kier molecular flexibility index (Phi) is 24.3. The Hall–Kier alpha value is 1.87. The summed E-state index contributed by atoms with van der Waals surface area (Å²) < 4.78 is 34.5. The molecule has 19 heavy (non-hydrogen) atoms. The van der Waals surface area contributed by atoms with Crippen LogP contribution in [0.5, 0.6) is 0 Å². The zero-order valence-electron chi connectivity index (χ0n) is 12.8. The van der Waals surface area contributed by atoms with Gasteiger partial charge < -0.3 is 4.55 Å². The molecule has 0 heterocycles. The molecule has 0 saturated heterocycles. The van der Waals surface area contributed by atoms with E-state index in [1.807, 2.05) is 0 Å². The van der Waals surface area contributed by atoms with Crippen molar-refractivity contribution in [2.75, 3.05) is 6.61 Å². The van der Waals surface area contributed by atoms with Crippen LogP contribution in [-0.4, -0.2) is 19.6 Å². The van der Waals surface area contributed by atoms with E-state index in [-0.39, 0.29) is 65.7 Å². The predicted molar refractivity (Wildman–Crippen MR) is 67.5 cm³/mol. The molecule has 0 radical (unpaired) electrons. The molecule has 0 N–H and O–H groups in total. The summed E-state index contributed by atoms with van der Waals surface area (Å²) in [4.78, 5) is 0. The van der Waals surface area contributed by atoms with Gasteiger partial charge in [0.05, 0.1) is 6.61 Å². The van der Waals surface area contributed by atoms with Crippen LogP contribution in [-0.2, 0) is 14.6 Å². The smallest absolute Gasteiger partial charge is 0.726 e. The van der Waals surface area contributed by atoms with Crippen LogP contribution in [0, 0.1) is 0 Å². The SMILES string of the molecule is CCCCCCCCCCCCOS(=O)(=O)[O-].[Na+].[Na+]. The first-order chi connectivity index (χ1) is 8.06. The van der Waals surface area contributed by atoms with E-state index < -0.39 is 10.4 Å². The monoisotopic (exact) mass is 311 g/mol. The third-order valence-corrected chi connectivity index (χ3v) is 3.18. The minimum Gasteiger partial charge on any atom is -0.726 e. The van der Waals surface area contributed by atoms with Gasteiger partial charge in [0.1, 0.15) is 0 Å². The van der Waals surface area contributed by atoms with Crippen molar-refractivity contribution in [2.45, 2.75) is 71.1 Å². The predicted octanol–water partition coefficient (Wildman–Crippen LogP) is -2.61. The Morgan fingerprint density at radius 1 is 0.789 bits per heavy atom. The third kappa shape index (κ3) is 25.2. The summed E-state index contributed by atoms with van der Waals surface area (Å²) in [5, 5.41) is 0. The minimum absolute atomic E-state index is 0. The largest absolute Gasteiger partial charge is 1.00 e. The van der Waals surface area contributed by atoms with Crippen LogP contribution in [0.1, 0.15) is 71.1 Å². The van der Waals surface area contributed by atoms with E-state index in [0.29, 0.717) is 6.42 Å². The molecule has 4 nitrogen and oxygen atoms in total. The second-order valence-electron chi connectivity index (χ2n) is 4.41. The Balaban J connectivity index is -0.00000128. The van der Waals surface area contributed by atoms with E-state index in [2.05, 4.69) is 11.1 Å². The van der Waals surface area contributed by atoms with E-state index in [1.54, 1.807) is 0 Å². The van der Waals surface area contributed by atoms with Crippen molar-refractivity contribution in [2.24, 2.45) is 0 Å². The molecule has 0 bridgehead atoms. The van der Waals surface area contributed by atoms with E-state index in [9.17, 15) is 13.0 Å². The molecule has 0 aromatic heterocycles. The molecule has 0 unspecified atom stereocenters. The Morgan fingerprint density at radius 2 is 1.16 bits per heavy atom. The Morgan fingerprint density at radius 3 is 1.53 bits per heavy atom. The van der Waals surface area contributed by atoms with Crippen molar-refractivity contribution in [1.29, 1.82) is 0 Å². The van der Waals surface area contributed by atoms with Crippen molar-refractivity contribution < 1.29 is 76.3 Å². The van der Waals surface area contributed by atoms with Crippen LogP contribution in [0.2, 0.25) is 0 Å². The summed E-state index contributed by atoms with van der Waals surface area (Å²) in [5.41, 5.74) is 0. The topological polar surface area (TPSA) is 66.4 Å². The van der Waals surface area contributed by atoms with Crippen LogP contribution >= 0.6 is 0 Å². The maximum Gasteiger partial charge on any atom is 1.00 e. The van der Waals surface area contributed by atoms with Crippen molar-refractivity contribution in [3.05, 3.63) is 0 Å². The van der Waals surface area contributed by atoms with Gasteiger partial charge in [-0.2, -0.15) is 0 Å². The number of hydrogen-bond acceptors (Lipinski definition) is 4. The number of unbranched alkanes of at least 4 members (excludes halogenated alkanes) is 9. The van der Waals surface area contributed by atoms with Crippen LogP contribution in [0.15, 0.2) is 0 Å². The van der Waals surface area contributed by atoms with Gasteiger partial charge in [0.15, 0.2) is 0 Å². The van der Waals surface area contributed by atoms with Crippen molar-refractivity contribution >= 4 is 10.4 Å². The second kappa shape index (κ2) is 17.9. The fourth-order valence-corrected chi connectivity index (χ4v) is 2.07. The van der Waals surface area contributed by atoms with Crippen LogP contribution in [0.4, 0.5) is 0 Å². The summed E-state index contributed by atoms with van der Waals surface area (Å²) >= 11 is 0. The first-order valence-corrected chi connectivity index (χ1v) is 8.00. The molecule has 0 amide bonds. The van der Waals surface area contributed by atoms with Gasteiger partial charge in [-0.3, -0.25) is 4.18 Å². The Labute approximate surface area is 163 Å². The molecule has 104 valence electrons. The zero-order valence-corrected chi connectivity index (χ0v) is 17.6. The zero-order chi connectivity index (χ0) is 13.0. The minimum atomic E-state index is -4.48. The molecule has 0 saturated carbocycles. The van der Waals surface area contributed by atoms with E-state index in [4.69, 9.17) is 0 Å².